The second-order valence-electron chi connectivity index (χ2n) is 5.87. The molecule has 1 aromatic heterocycles. The van der Waals surface area contributed by atoms with Crippen molar-refractivity contribution < 1.29 is 9.52 Å². The Hall–Kier alpha value is -1.54. The van der Waals surface area contributed by atoms with Crippen molar-refractivity contribution in [2.45, 2.75) is 53.1 Å². The van der Waals surface area contributed by atoms with Crippen LogP contribution in [0.4, 0.5) is 0 Å². The average molecular weight is 272 g/mol. The molecule has 20 heavy (non-hydrogen) atoms. The molecule has 0 aliphatic rings. The van der Waals surface area contributed by atoms with E-state index in [1.807, 2.05) is 20.8 Å². The highest BCUT2D eigenvalue weighted by atomic mass is 16.3. The van der Waals surface area contributed by atoms with Crippen molar-refractivity contribution in [2.24, 2.45) is 0 Å². The summed E-state index contributed by atoms with van der Waals surface area (Å²) >= 11 is 0. The first-order valence-electron chi connectivity index (χ1n) is 7.23. The Kier molecular flexibility index (Phi) is 4.34. The Morgan fingerprint density at radius 1 is 1.00 bits per heavy atom. The van der Waals surface area contributed by atoms with Gasteiger partial charge >= 0.3 is 0 Å². The molecule has 1 atom stereocenters. The van der Waals surface area contributed by atoms with Gasteiger partial charge in [-0.2, -0.15) is 0 Å². The van der Waals surface area contributed by atoms with E-state index < -0.39 is 6.10 Å². The second kappa shape index (κ2) is 5.84. The van der Waals surface area contributed by atoms with Crippen molar-refractivity contribution in [2.75, 3.05) is 0 Å². The lowest BCUT2D eigenvalue weighted by Crippen LogP contribution is -2.04. The van der Waals surface area contributed by atoms with E-state index in [0.29, 0.717) is 12.3 Å². The van der Waals surface area contributed by atoms with Crippen LogP contribution in [0.1, 0.15) is 59.6 Å². The lowest BCUT2D eigenvalue weighted by Gasteiger charge is -2.12. The smallest absolute Gasteiger partial charge is 0.107 e. The van der Waals surface area contributed by atoms with E-state index in [-0.39, 0.29) is 0 Å². The zero-order valence-corrected chi connectivity index (χ0v) is 13.0. The number of aliphatic hydroxyl groups excluding tert-OH is 1. The van der Waals surface area contributed by atoms with Gasteiger partial charge < -0.3 is 9.52 Å². The number of rotatable bonds is 4. The molecule has 0 fully saturated rings. The summed E-state index contributed by atoms with van der Waals surface area (Å²) in [6.07, 6.45) is 0.122. The maximum absolute atomic E-state index is 10.5. The Labute approximate surface area is 121 Å². The number of furan rings is 1. The number of benzene rings is 1. The van der Waals surface area contributed by atoms with E-state index in [1.165, 1.54) is 5.56 Å². The molecule has 2 nitrogen and oxygen atoms in total. The van der Waals surface area contributed by atoms with Crippen LogP contribution in [-0.2, 0) is 6.42 Å². The molecule has 2 aromatic rings. The normalized spacial score (nSPS) is 12.9. The van der Waals surface area contributed by atoms with Crippen molar-refractivity contribution in [3.05, 3.63) is 58.0 Å². The first-order valence-corrected chi connectivity index (χ1v) is 7.23. The highest BCUT2D eigenvalue weighted by Crippen LogP contribution is 2.29. The third-order valence-corrected chi connectivity index (χ3v) is 4.03. The first-order chi connectivity index (χ1) is 9.40. The van der Waals surface area contributed by atoms with Crippen LogP contribution in [0.5, 0.6) is 0 Å². The minimum Gasteiger partial charge on any atom is -0.466 e. The fourth-order valence-electron chi connectivity index (χ4n) is 2.66. The van der Waals surface area contributed by atoms with Gasteiger partial charge in [0.15, 0.2) is 0 Å². The lowest BCUT2D eigenvalue weighted by molar-refractivity contribution is 0.176. The quantitative estimate of drug-likeness (QED) is 0.882. The molecule has 0 aliphatic carbocycles. The predicted molar refractivity (Wildman–Crippen MR) is 82.1 cm³/mol. The molecule has 0 bridgehead atoms. The highest BCUT2D eigenvalue weighted by Gasteiger charge is 2.19. The molecule has 2 heteroatoms. The molecule has 0 saturated carbocycles. The van der Waals surface area contributed by atoms with Gasteiger partial charge in [-0.15, -0.1) is 0 Å². The molecule has 1 heterocycles. The number of aliphatic hydroxyl groups is 1. The molecular weight excluding hydrogens is 248 g/mol. The Balaban J connectivity index is 2.17. The summed E-state index contributed by atoms with van der Waals surface area (Å²) in [7, 11) is 0. The Morgan fingerprint density at radius 3 is 2.05 bits per heavy atom. The number of hydrogen-bond donors (Lipinski definition) is 1. The van der Waals surface area contributed by atoms with Gasteiger partial charge in [-0.3, -0.25) is 0 Å². The minimum absolute atomic E-state index is 0.502. The van der Waals surface area contributed by atoms with Gasteiger partial charge in [-0.05, 0) is 43.4 Å². The molecule has 0 amide bonds. The molecular formula is C18H24O2. The van der Waals surface area contributed by atoms with Gasteiger partial charge in [0.05, 0.1) is 6.10 Å². The summed E-state index contributed by atoms with van der Waals surface area (Å²) in [5.41, 5.74) is 4.48. The molecule has 0 radical (unpaired) electrons. The number of aryl methyl sites for hydroxylation is 2. The van der Waals surface area contributed by atoms with Crippen molar-refractivity contribution in [1.29, 1.82) is 0 Å². The summed E-state index contributed by atoms with van der Waals surface area (Å²) in [6.45, 7) is 10.2. The third-order valence-electron chi connectivity index (χ3n) is 4.03. The van der Waals surface area contributed by atoms with Gasteiger partial charge in [0.1, 0.15) is 11.5 Å². The monoisotopic (exact) mass is 272 g/mol. The fraction of sp³-hybridized carbons (Fsp3) is 0.444. The molecule has 2 rings (SSSR count). The van der Waals surface area contributed by atoms with E-state index in [2.05, 4.69) is 38.1 Å². The van der Waals surface area contributed by atoms with Crippen LogP contribution >= 0.6 is 0 Å². The summed E-state index contributed by atoms with van der Waals surface area (Å²) in [4.78, 5) is 0. The van der Waals surface area contributed by atoms with Crippen LogP contribution in [0.3, 0.4) is 0 Å². The van der Waals surface area contributed by atoms with Gasteiger partial charge in [0, 0.05) is 12.0 Å². The van der Waals surface area contributed by atoms with E-state index in [4.69, 9.17) is 4.42 Å². The molecule has 1 aromatic carbocycles. The maximum Gasteiger partial charge on any atom is 0.107 e. The summed E-state index contributed by atoms with van der Waals surface area (Å²) in [5.74, 6) is 2.26. The molecule has 0 spiro atoms. The Bertz CT molecular complexity index is 576. The predicted octanol–water partition coefficient (Wildman–Crippen LogP) is 4.60. The van der Waals surface area contributed by atoms with Crippen molar-refractivity contribution >= 4 is 0 Å². The highest BCUT2D eigenvalue weighted by molar-refractivity contribution is 5.35. The van der Waals surface area contributed by atoms with E-state index in [1.54, 1.807) is 0 Å². The van der Waals surface area contributed by atoms with Crippen LogP contribution in [0.2, 0.25) is 0 Å². The number of hydrogen-bond acceptors (Lipinski definition) is 2. The van der Waals surface area contributed by atoms with Crippen LogP contribution in [0.15, 0.2) is 28.7 Å². The Morgan fingerprint density at radius 2 is 1.60 bits per heavy atom. The molecule has 1 N–H and O–H groups in total. The summed E-state index contributed by atoms with van der Waals surface area (Å²) < 4.78 is 5.59. The van der Waals surface area contributed by atoms with Crippen LogP contribution in [-0.4, -0.2) is 5.11 Å². The molecule has 1 unspecified atom stereocenters. The van der Waals surface area contributed by atoms with Gasteiger partial charge in [-0.1, -0.05) is 38.1 Å². The zero-order valence-electron chi connectivity index (χ0n) is 13.0. The summed E-state index contributed by atoms with van der Waals surface area (Å²) in [5, 5.41) is 10.5. The van der Waals surface area contributed by atoms with Gasteiger partial charge in [0.25, 0.3) is 0 Å². The standard InChI is InChI=1S/C18H24O2/c1-11(2)16-8-6-15(7-9-16)10-17(19)18-12(3)13(4)20-14(18)5/h6-9,11,17,19H,10H2,1-5H3. The van der Waals surface area contributed by atoms with E-state index >= 15 is 0 Å². The SMILES string of the molecule is Cc1oc(C)c(C(O)Cc2ccc(C(C)C)cc2)c1C. The average Bonchev–Trinajstić information content (AvgIpc) is 2.63. The van der Waals surface area contributed by atoms with E-state index in [9.17, 15) is 5.11 Å². The van der Waals surface area contributed by atoms with Gasteiger partial charge in [-0.25, -0.2) is 0 Å². The summed E-state index contributed by atoms with van der Waals surface area (Å²) in [6, 6.07) is 8.51. The van der Waals surface area contributed by atoms with Gasteiger partial charge in [0.2, 0.25) is 0 Å². The zero-order chi connectivity index (χ0) is 14.9. The molecule has 0 aliphatic heterocycles. The lowest BCUT2D eigenvalue weighted by atomic mass is 9.96. The topological polar surface area (TPSA) is 33.4 Å². The maximum atomic E-state index is 10.5. The van der Waals surface area contributed by atoms with Crippen LogP contribution < -0.4 is 0 Å². The molecule has 108 valence electrons. The molecule has 0 saturated heterocycles. The van der Waals surface area contributed by atoms with Crippen molar-refractivity contribution in [3.8, 4) is 0 Å². The van der Waals surface area contributed by atoms with Crippen LogP contribution in [0, 0.1) is 20.8 Å². The largest absolute Gasteiger partial charge is 0.466 e. The van der Waals surface area contributed by atoms with E-state index in [0.717, 1.165) is 28.2 Å². The minimum atomic E-state index is -0.502. The van der Waals surface area contributed by atoms with Crippen molar-refractivity contribution in [1.82, 2.24) is 0 Å². The fourth-order valence-corrected chi connectivity index (χ4v) is 2.66. The van der Waals surface area contributed by atoms with Crippen LogP contribution in [0.25, 0.3) is 0 Å². The first kappa shape index (κ1) is 14.9. The third kappa shape index (κ3) is 2.96. The second-order valence-corrected chi connectivity index (χ2v) is 5.87. The van der Waals surface area contributed by atoms with Crippen molar-refractivity contribution in [3.63, 3.8) is 0 Å².